The van der Waals surface area contributed by atoms with Crippen LogP contribution in [-0.2, 0) is 9.59 Å². The number of halogens is 2. The van der Waals surface area contributed by atoms with Gasteiger partial charge in [0.1, 0.15) is 12.7 Å². The maximum Gasteiger partial charge on any atom is 2.00 e. The SMILES string of the molecule is CC(C(=O)[O-])c1ncncc1F.CC(C(=O)[O-])c1ncncc1F.[Ba+2]. The zero-order valence-electron chi connectivity index (χ0n) is 13.3. The van der Waals surface area contributed by atoms with Crippen LogP contribution >= 0.6 is 0 Å². The van der Waals surface area contributed by atoms with E-state index in [-0.39, 0.29) is 60.3 Å². The second-order valence-corrected chi connectivity index (χ2v) is 4.59. The van der Waals surface area contributed by atoms with Gasteiger partial charge >= 0.3 is 48.9 Å². The Morgan fingerprint density at radius 2 is 1.20 bits per heavy atom. The number of rotatable bonds is 4. The van der Waals surface area contributed by atoms with Gasteiger partial charge in [-0.05, 0) is 0 Å². The fourth-order valence-electron chi connectivity index (χ4n) is 1.50. The summed E-state index contributed by atoms with van der Waals surface area (Å²) in [6.07, 6.45) is 4.03. The first-order chi connectivity index (χ1) is 11.3. The molecule has 0 fully saturated rings. The summed E-state index contributed by atoms with van der Waals surface area (Å²) in [4.78, 5) is 34.4. The normalized spacial score (nSPS) is 12.0. The minimum Gasteiger partial charge on any atom is -0.549 e. The standard InChI is InChI=1S/2C7H7FN2O2.Ba/c2*1-4(7(11)12)6-5(8)2-9-3-10-6;/h2*2-4H,1H3,(H,11,12);/q;;+2/p-2. The first-order valence-electron chi connectivity index (χ1n) is 6.58. The molecule has 2 unspecified atom stereocenters. The molecule has 0 N–H and O–H groups in total. The van der Waals surface area contributed by atoms with Crippen LogP contribution < -0.4 is 10.2 Å². The van der Waals surface area contributed by atoms with Gasteiger partial charge in [-0.25, -0.2) is 28.7 Å². The van der Waals surface area contributed by atoms with Crippen molar-refractivity contribution in [2.24, 2.45) is 0 Å². The number of hydrogen-bond acceptors (Lipinski definition) is 8. The predicted molar refractivity (Wildman–Crippen MR) is 76.6 cm³/mol. The third-order valence-corrected chi connectivity index (χ3v) is 2.92. The Morgan fingerprint density at radius 1 is 0.880 bits per heavy atom. The molecular weight excluding hydrogens is 464 g/mol. The summed E-state index contributed by atoms with van der Waals surface area (Å²) in [5.41, 5.74) is -0.296. The Hall–Kier alpha value is -1.47. The van der Waals surface area contributed by atoms with E-state index in [1.165, 1.54) is 13.8 Å². The molecule has 0 aliphatic rings. The monoisotopic (exact) mass is 476 g/mol. The molecule has 2 atom stereocenters. The van der Waals surface area contributed by atoms with E-state index in [1.807, 2.05) is 0 Å². The maximum absolute atomic E-state index is 12.8. The molecule has 0 spiro atoms. The molecule has 8 nitrogen and oxygen atoms in total. The van der Waals surface area contributed by atoms with Crippen LogP contribution in [0.4, 0.5) is 8.78 Å². The summed E-state index contributed by atoms with van der Waals surface area (Å²) in [6.45, 7) is 2.61. The van der Waals surface area contributed by atoms with E-state index < -0.39 is 35.4 Å². The number of carboxylic acids is 2. The first kappa shape index (κ1) is 23.5. The molecule has 0 aliphatic carbocycles. The van der Waals surface area contributed by atoms with Gasteiger partial charge < -0.3 is 19.8 Å². The van der Waals surface area contributed by atoms with Crippen molar-refractivity contribution in [1.82, 2.24) is 19.9 Å². The van der Waals surface area contributed by atoms with Crippen LogP contribution in [0.15, 0.2) is 25.0 Å². The second kappa shape index (κ2) is 11.2. The van der Waals surface area contributed by atoms with Crippen LogP contribution in [0.5, 0.6) is 0 Å². The van der Waals surface area contributed by atoms with Crippen LogP contribution in [-0.4, -0.2) is 80.8 Å². The van der Waals surface area contributed by atoms with Crippen molar-refractivity contribution in [2.75, 3.05) is 0 Å². The summed E-state index contributed by atoms with van der Waals surface area (Å²) in [6, 6.07) is 0. The third kappa shape index (κ3) is 7.12. The summed E-state index contributed by atoms with van der Waals surface area (Å²) in [5, 5.41) is 20.6. The number of carbonyl (C=O) groups excluding carboxylic acids is 2. The van der Waals surface area contributed by atoms with Gasteiger partial charge in [-0.15, -0.1) is 0 Å². The Morgan fingerprint density at radius 3 is 1.44 bits per heavy atom. The molecule has 0 aromatic carbocycles. The molecule has 0 aliphatic heterocycles. The zero-order valence-corrected chi connectivity index (χ0v) is 17.8. The molecule has 2 heterocycles. The van der Waals surface area contributed by atoms with Crippen molar-refractivity contribution in [3.8, 4) is 0 Å². The van der Waals surface area contributed by atoms with Gasteiger partial charge in [-0.1, -0.05) is 13.8 Å². The van der Waals surface area contributed by atoms with Gasteiger partial charge in [0.05, 0.1) is 35.7 Å². The molecule has 0 bridgehead atoms. The molecule has 2 aromatic heterocycles. The second-order valence-electron chi connectivity index (χ2n) is 4.59. The van der Waals surface area contributed by atoms with Crippen molar-refractivity contribution < 1.29 is 28.6 Å². The molecule has 0 radical (unpaired) electrons. The van der Waals surface area contributed by atoms with Crippen molar-refractivity contribution >= 4 is 60.8 Å². The smallest absolute Gasteiger partial charge is 0.549 e. The van der Waals surface area contributed by atoms with E-state index in [0.717, 1.165) is 25.0 Å². The molecule has 0 saturated carbocycles. The van der Waals surface area contributed by atoms with E-state index in [0.29, 0.717) is 0 Å². The number of aromatic nitrogens is 4. The largest absolute Gasteiger partial charge is 2.00 e. The van der Waals surface area contributed by atoms with E-state index in [1.54, 1.807) is 0 Å². The average Bonchev–Trinajstić information content (AvgIpc) is 2.55. The molecular formula is C14H12BaF2N4O4. The van der Waals surface area contributed by atoms with Crippen LogP contribution in [0, 0.1) is 11.6 Å². The molecule has 25 heavy (non-hydrogen) atoms. The first-order valence-corrected chi connectivity index (χ1v) is 6.58. The molecule has 2 rings (SSSR count). The Bertz CT molecular complexity index is 674. The van der Waals surface area contributed by atoms with E-state index in [2.05, 4.69) is 19.9 Å². The zero-order chi connectivity index (χ0) is 18.3. The van der Waals surface area contributed by atoms with Gasteiger partial charge in [-0.2, -0.15) is 0 Å². The topological polar surface area (TPSA) is 132 Å². The molecule has 0 amide bonds. The van der Waals surface area contributed by atoms with Crippen molar-refractivity contribution in [2.45, 2.75) is 25.7 Å². The van der Waals surface area contributed by atoms with Gasteiger partial charge in [0.2, 0.25) is 0 Å². The average molecular weight is 476 g/mol. The van der Waals surface area contributed by atoms with Crippen molar-refractivity contribution in [3.63, 3.8) is 0 Å². The van der Waals surface area contributed by atoms with Gasteiger partial charge in [0.15, 0.2) is 11.6 Å². The quantitative estimate of drug-likeness (QED) is 0.491. The molecule has 0 saturated heterocycles. The van der Waals surface area contributed by atoms with Crippen molar-refractivity contribution in [3.05, 3.63) is 48.1 Å². The number of aliphatic carboxylic acids is 2. The number of carboxylic acid groups (broad SMARTS) is 2. The predicted octanol–water partition coefficient (Wildman–Crippen LogP) is -1.44. The number of nitrogens with zero attached hydrogens (tertiary/aromatic N) is 4. The summed E-state index contributed by atoms with van der Waals surface area (Å²) >= 11 is 0. The van der Waals surface area contributed by atoms with Crippen LogP contribution in [0.1, 0.15) is 37.1 Å². The van der Waals surface area contributed by atoms with Gasteiger partial charge in [-0.3, -0.25) is 0 Å². The van der Waals surface area contributed by atoms with Gasteiger partial charge in [0, 0.05) is 11.8 Å². The maximum atomic E-state index is 12.8. The Balaban J connectivity index is 0.000000443. The minimum absolute atomic E-state index is 0. The van der Waals surface area contributed by atoms with Gasteiger partial charge in [0.25, 0.3) is 0 Å². The molecule has 11 heteroatoms. The van der Waals surface area contributed by atoms with Crippen LogP contribution in [0.2, 0.25) is 0 Å². The third-order valence-electron chi connectivity index (χ3n) is 2.92. The number of hydrogen-bond donors (Lipinski definition) is 0. The number of carbonyl (C=O) groups is 2. The minimum atomic E-state index is -1.35. The Kier molecular flexibility index (Phi) is 10.5. The summed E-state index contributed by atoms with van der Waals surface area (Å²) < 4.78 is 25.6. The van der Waals surface area contributed by atoms with Crippen LogP contribution in [0.25, 0.3) is 0 Å². The van der Waals surface area contributed by atoms with Crippen LogP contribution in [0.3, 0.4) is 0 Å². The summed E-state index contributed by atoms with van der Waals surface area (Å²) in [7, 11) is 0. The van der Waals surface area contributed by atoms with E-state index in [4.69, 9.17) is 0 Å². The fourth-order valence-corrected chi connectivity index (χ4v) is 1.50. The summed E-state index contributed by atoms with van der Waals surface area (Å²) in [5.74, 6) is -6.26. The van der Waals surface area contributed by atoms with E-state index in [9.17, 15) is 28.6 Å². The molecule has 2 aromatic rings. The Labute approximate surface area is 181 Å². The van der Waals surface area contributed by atoms with Crippen molar-refractivity contribution in [1.29, 1.82) is 0 Å². The fraction of sp³-hybridized carbons (Fsp3) is 0.286. The molecule has 128 valence electrons. The van der Waals surface area contributed by atoms with E-state index >= 15 is 0 Å².